The number of carbonyl (C=O) groups is 1. The summed E-state index contributed by atoms with van der Waals surface area (Å²) in [4.78, 5) is 12.9. The number of nitrogens with one attached hydrogen (secondary N) is 1. The quantitative estimate of drug-likeness (QED) is 0.242. The molecule has 5 rings (SSSR count). The van der Waals surface area contributed by atoms with Gasteiger partial charge in [-0.2, -0.15) is 0 Å². The Morgan fingerprint density at radius 2 is 1.92 bits per heavy atom. The van der Waals surface area contributed by atoms with E-state index in [-0.39, 0.29) is 29.5 Å². The van der Waals surface area contributed by atoms with Crippen LogP contribution in [0, 0.1) is 5.82 Å². The Labute approximate surface area is 215 Å². The number of fused-ring (bicyclic) bond motifs is 1. The normalized spacial score (nSPS) is 14.0. The lowest BCUT2D eigenvalue weighted by Crippen LogP contribution is -2.32. The van der Waals surface area contributed by atoms with Crippen LogP contribution in [0.5, 0.6) is 0 Å². The summed E-state index contributed by atoms with van der Waals surface area (Å²) >= 11 is -2.66. The van der Waals surface area contributed by atoms with E-state index in [2.05, 4.69) is 5.32 Å². The predicted octanol–water partition coefficient (Wildman–Crippen LogP) is 2.96. The molecular formula is C26H23BFN2O6S-. The van der Waals surface area contributed by atoms with Crippen LogP contribution in [0.2, 0.25) is 0 Å². The van der Waals surface area contributed by atoms with Crippen molar-refractivity contribution in [3.63, 3.8) is 0 Å². The van der Waals surface area contributed by atoms with E-state index in [4.69, 9.17) is 4.42 Å². The Bertz CT molecular complexity index is 1500. The van der Waals surface area contributed by atoms with E-state index in [0.717, 1.165) is 22.7 Å². The van der Waals surface area contributed by atoms with Crippen LogP contribution >= 0.6 is 0 Å². The van der Waals surface area contributed by atoms with Crippen molar-refractivity contribution in [1.82, 2.24) is 5.32 Å². The SMILES string of the molecule is CNC(=O)c1c(-c2ccc(F)cc2)oc2cc(CN(c3cccc(B(O)O)c3)S(=O)[O-])c(C3CC3)cc12. The van der Waals surface area contributed by atoms with E-state index in [9.17, 15) is 28.0 Å². The van der Waals surface area contributed by atoms with E-state index in [0.29, 0.717) is 33.4 Å². The number of nitrogens with zero attached hydrogens (tertiary/aromatic N) is 1. The zero-order valence-electron chi connectivity index (χ0n) is 19.8. The van der Waals surface area contributed by atoms with Crippen molar-refractivity contribution in [2.24, 2.45) is 0 Å². The van der Waals surface area contributed by atoms with Crippen LogP contribution in [0.1, 0.15) is 40.2 Å². The molecule has 8 nitrogen and oxygen atoms in total. The van der Waals surface area contributed by atoms with Crippen molar-refractivity contribution in [1.29, 1.82) is 0 Å². The van der Waals surface area contributed by atoms with Gasteiger partial charge < -0.3 is 24.3 Å². The number of rotatable bonds is 8. The van der Waals surface area contributed by atoms with Crippen LogP contribution in [-0.2, 0) is 17.8 Å². The van der Waals surface area contributed by atoms with E-state index in [1.807, 2.05) is 6.07 Å². The topological polar surface area (TPSA) is 126 Å². The highest BCUT2D eigenvalue weighted by molar-refractivity contribution is 7.80. The molecule has 0 radical (unpaired) electrons. The highest BCUT2D eigenvalue weighted by Crippen LogP contribution is 2.45. The fourth-order valence-electron chi connectivity index (χ4n) is 4.49. The summed E-state index contributed by atoms with van der Waals surface area (Å²) in [6.07, 6.45) is 1.87. The molecule has 11 heteroatoms. The molecule has 0 bridgehead atoms. The van der Waals surface area contributed by atoms with Gasteiger partial charge in [0, 0.05) is 35.0 Å². The predicted molar refractivity (Wildman–Crippen MR) is 138 cm³/mol. The largest absolute Gasteiger partial charge is 0.755 e. The van der Waals surface area contributed by atoms with Gasteiger partial charge >= 0.3 is 7.12 Å². The van der Waals surface area contributed by atoms with E-state index in [1.54, 1.807) is 18.2 Å². The van der Waals surface area contributed by atoms with E-state index >= 15 is 0 Å². The summed E-state index contributed by atoms with van der Waals surface area (Å²) in [5.41, 5.74) is 3.32. The summed E-state index contributed by atoms with van der Waals surface area (Å²) in [5.74, 6) is -0.256. The molecule has 1 aliphatic rings. The van der Waals surface area contributed by atoms with Gasteiger partial charge in [-0.15, -0.1) is 0 Å². The molecule has 4 aromatic rings. The third-order valence-electron chi connectivity index (χ3n) is 6.48. The second-order valence-electron chi connectivity index (χ2n) is 8.94. The standard InChI is InChI=1S/C26H24BFN2O6S/c1-29-26(31)24-22-13-21(15-5-6-15)17(11-23(22)36-25(24)16-7-9-19(28)10-8-16)14-30(37(34)35)20-4-2-3-18(12-20)27(32)33/h2-4,7-13,15,32-33H,5-6,14H2,1H3,(H,29,31)(H,34,35)/p-1. The molecule has 1 unspecified atom stereocenters. The van der Waals surface area contributed by atoms with Gasteiger partial charge in [-0.25, -0.2) is 4.39 Å². The Morgan fingerprint density at radius 1 is 1.19 bits per heavy atom. The van der Waals surface area contributed by atoms with Crippen LogP contribution in [0.3, 0.4) is 0 Å². The van der Waals surface area contributed by atoms with Gasteiger partial charge in [0.25, 0.3) is 5.91 Å². The second kappa shape index (κ2) is 10.1. The van der Waals surface area contributed by atoms with Gasteiger partial charge in [0.15, 0.2) is 0 Å². The molecule has 1 saturated carbocycles. The van der Waals surface area contributed by atoms with Crippen LogP contribution in [0.25, 0.3) is 22.3 Å². The summed E-state index contributed by atoms with van der Waals surface area (Å²) in [6.45, 7) is -0.0231. The zero-order chi connectivity index (χ0) is 26.3. The first kappa shape index (κ1) is 25.2. The second-order valence-corrected chi connectivity index (χ2v) is 9.81. The molecule has 3 N–H and O–H groups in total. The van der Waals surface area contributed by atoms with Crippen LogP contribution in [-0.4, -0.2) is 38.9 Å². The van der Waals surface area contributed by atoms with Crippen molar-refractivity contribution in [2.75, 3.05) is 11.4 Å². The first-order valence-corrected chi connectivity index (χ1v) is 12.7. The summed E-state index contributed by atoms with van der Waals surface area (Å²) in [7, 11) is -0.221. The lowest BCUT2D eigenvalue weighted by molar-refractivity contribution is 0.0964. The molecule has 1 amide bonds. The number of hydrogen-bond acceptors (Lipinski definition) is 6. The molecule has 1 aromatic heterocycles. The highest BCUT2D eigenvalue weighted by atomic mass is 32.2. The maximum absolute atomic E-state index is 13.5. The minimum atomic E-state index is -2.66. The molecule has 1 aliphatic carbocycles. The number of halogens is 1. The molecule has 1 atom stereocenters. The molecular weight excluding hydrogens is 498 g/mol. The highest BCUT2D eigenvalue weighted by Gasteiger charge is 2.30. The van der Waals surface area contributed by atoms with Gasteiger partial charge in [-0.05, 0) is 83.9 Å². The Hall–Kier alpha value is -3.51. The third-order valence-corrected chi connectivity index (χ3v) is 7.18. The van der Waals surface area contributed by atoms with Gasteiger partial charge in [-0.3, -0.25) is 13.3 Å². The summed E-state index contributed by atoms with van der Waals surface area (Å²) in [5, 5.41) is 22.3. The Morgan fingerprint density at radius 3 is 2.54 bits per heavy atom. The maximum atomic E-state index is 13.5. The number of carbonyl (C=O) groups excluding carboxylic acids is 1. The first-order chi connectivity index (χ1) is 17.8. The summed E-state index contributed by atoms with van der Waals surface area (Å²) < 4.78 is 45.3. The number of amides is 1. The molecule has 190 valence electrons. The average molecular weight is 521 g/mol. The molecule has 1 fully saturated rings. The fraction of sp³-hybridized carbons (Fsp3) is 0.192. The van der Waals surface area contributed by atoms with Crippen molar-refractivity contribution in [2.45, 2.75) is 25.3 Å². The molecule has 0 saturated heterocycles. The van der Waals surface area contributed by atoms with Crippen LogP contribution in [0.15, 0.2) is 65.1 Å². The number of anilines is 1. The molecule has 0 spiro atoms. The molecule has 3 aromatic carbocycles. The van der Waals surface area contributed by atoms with Crippen molar-refractivity contribution < 1.29 is 32.4 Å². The maximum Gasteiger partial charge on any atom is 0.488 e. The number of benzene rings is 3. The van der Waals surface area contributed by atoms with Gasteiger partial charge in [0.2, 0.25) is 0 Å². The lowest BCUT2D eigenvalue weighted by atomic mass is 9.80. The van der Waals surface area contributed by atoms with Gasteiger partial charge in [-0.1, -0.05) is 12.1 Å². The average Bonchev–Trinajstić information content (AvgIpc) is 3.67. The Kier molecular flexibility index (Phi) is 6.87. The van der Waals surface area contributed by atoms with Crippen LogP contribution in [0.4, 0.5) is 10.1 Å². The Balaban J connectivity index is 1.64. The summed E-state index contributed by atoms with van der Waals surface area (Å²) in [6, 6.07) is 15.3. The first-order valence-electron chi connectivity index (χ1n) is 11.7. The monoisotopic (exact) mass is 521 g/mol. The molecule has 1 heterocycles. The van der Waals surface area contributed by atoms with Crippen molar-refractivity contribution >= 4 is 46.4 Å². The van der Waals surface area contributed by atoms with E-state index in [1.165, 1.54) is 43.4 Å². The van der Waals surface area contributed by atoms with Crippen molar-refractivity contribution in [3.05, 3.63) is 83.2 Å². The number of furan rings is 1. The smallest absolute Gasteiger partial charge is 0.488 e. The van der Waals surface area contributed by atoms with Gasteiger partial charge in [0.1, 0.15) is 17.2 Å². The molecule has 0 aliphatic heterocycles. The lowest BCUT2D eigenvalue weighted by Gasteiger charge is -2.28. The third kappa shape index (κ3) is 5.03. The fourth-order valence-corrected chi connectivity index (χ4v) is 5.02. The molecule has 37 heavy (non-hydrogen) atoms. The number of hydrogen-bond donors (Lipinski definition) is 3. The van der Waals surface area contributed by atoms with Gasteiger partial charge in [0.05, 0.1) is 12.1 Å². The van der Waals surface area contributed by atoms with E-state index < -0.39 is 24.2 Å². The van der Waals surface area contributed by atoms with Crippen molar-refractivity contribution in [3.8, 4) is 11.3 Å². The minimum absolute atomic E-state index is 0.0231. The van der Waals surface area contributed by atoms with Crippen LogP contribution < -0.4 is 15.1 Å². The minimum Gasteiger partial charge on any atom is -0.755 e. The zero-order valence-corrected chi connectivity index (χ0v) is 20.6.